The molecular weight excluding hydrogens is 397 g/mol. The topological polar surface area (TPSA) is 68.3 Å². The first-order valence-corrected chi connectivity index (χ1v) is 8.95. The highest BCUT2D eigenvalue weighted by atomic mass is 19.4. The monoisotopic (exact) mass is 414 g/mol. The largest absolute Gasteiger partial charge is 0.449 e. The molecule has 0 saturated heterocycles. The molecule has 0 aliphatic heterocycles. The Morgan fingerprint density at radius 1 is 1.03 bits per heavy atom. The summed E-state index contributed by atoms with van der Waals surface area (Å²) in [6.45, 7) is 1.36. The molecule has 3 aromatic rings. The molecule has 0 bridgehead atoms. The molecule has 0 aliphatic carbocycles. The Bertz CT molecular complexity index is 1090. The van der Waals surface area contributed by atoms with Crippen LogP contribution in [0.1, 0.15) is 18.2 Å². The lowest BCUT2D eigenvalue weighted by molar-refractivity contribution is -0.148. The van der Waals surface area contributed by atoms with Gasteiger partial charge in [-0.2, -0.15) is 13.2 Å². The van der Waals surface area contributed by atoms with Crippen molar-refractivity contribution < 1.29 is 27.5 Å². The van der Waals surface area contributed by atoms with Crippen molar-refractivity contribution in [3.63, 3.8) is 0 Å². The van der Waals surface area contributed by atoms with E-state index in [1.807, 2.05) is 30.3 Å². The maximum atomic E-state index is 12.6. The molecule has 0 fully saturated rings. The molecular formula is C22H17F3N2O3. The van der Waals surface area contributed by atoms with Crippen molar-refractivity contribution in [1.82, 2.24) is 4.98 Å². The van der Waals surface area contributed by atoms with Crippen molar-refractivity contribution >= 4 is 34.5 Å². The van der Waals surface area contributed by atoms with Crippen LogP contribution in [-0.4, -0.2) is 23.0 Å². The predicted molar refractivity (Wildman–Crippen MR) is 106 cm³/mol. The summed E-state index contributed by atoms with van der Waals surface area (Å²) in [7, 11) is 0. The summed E-state index contributed by atoms with van der Waals surface area (Å²) in [6.07, 6.45) is -2.99. The zero-order valence-corrected chi connectivity index (χ0v) is 15.8. The molecule has 0 saturated carbocycles. The van der Waals surface area contributed by atoms with Gasteiger partial charge in [0.1, 0.15) is 0 Å². The van der Waals surface area contributed by atoms with Crippen molar-refractivity contribution in [2.24, 2.45) is 0 Å². The fraction of sp³-hybridized carbons (Fsp3) is 0.136. The molecule has 1 heterocycles. The molecule has 1 unspecified atom stereocenters. The average Bonchev–Trinajstić information content (AvgIpc) is 2.71. The van der Waals surface area contributed by atoms with Gasteiger partial charge in [0.2, 0.25) is 0 Å². The summed E-state index contributed by atoms with van der Waals surface area (Å²) < 4.78 is 42.7. The number of nitrogens with zero attached hydrogens (tertiary/aromatic N) is 1. The Kier molecular flexibility index (Phi) is 6.15. The number of carbonyl (C=O) groups is 2. The number of ether oxygens (including phenoxy) is 1. The second kappa shape index (κ2) is 8.77. The number of nitrogens with one attached hydrogen (secondary N) is 1. The van der Waals surface area contributed by atoms with Gasteiger partial charge in [-0.3, -0.25) is 4.79 Å². The highest BCUT2D eigenvalue weighted by Gasteiger charge is 2.30. The van der Waals surface area contributed by atoms with Gasteiger partial charge in [0, 0.05) is 17.1 Å². The summed E-state index contributed by atoms with van der Waals surface area (Å²) in [5.41, 5.74) is 0.657. The van der Waals surface area contributed by atoms with Crippen molar-refractivity contribution in [3.05, 3.63) is 78.0 Å². The van der Waals surface area contributed by atoms with Crippen LogP contribution in [0, 0.1) is 0 Å². The number of hydrogen-bond acceptors (Lipinski definition) is 4. The highest BCUT2D eigenvalue weighted by molar-refractivity contribution is 5.96. The van der Waals surface area contributed by atoms with E-state index in [2.05, 4.69) is 10.3 Å². The minimum atomic E-state index is -4.46. The first kappa shape index (κ1) is 21.0. The van der Waals surface area contributed by atoms with Crippen LogP contribution in [0.3, 0.4) is 0 Å². The number of para-hydroxylation sites is 1. The maximum Gasteiger partial charge on any atom is 0.416 e. The summed E-state index contributed by atoms with van der Waals surface area (Å²) in [5.74, 6) is -1.42. The van der Waals surface area contributed by atoms with Crippen LogP contribution in [-0.2, 0) is 20.5 Å². The zero-order valence-electron chi connectivity index (χ0n) is 15.8. The Labute approximate surface area is 170 Å². The van der Waals surface area contributed by atoms with Crippen LogP contribution in [0.25, 0.3) is 17.0 Å². The second-order valence-electron chi connectivity index (χ2n) is 6.41. The SMILES string of the molecule is CC(OC(=O)/C=C/c1ccc2ccccc2n1)C(=O)Nc1ccc(C(F)(F)F)cc1. The van der Waals surface area contributed by atoms with Crippen molar-refractivity contribution in [2.45, 2.75) is 19.2 Å². The van der Waals surface area contributed by atoms with Gasteiger partial charge in [0.05, 0.1) is 16.8 Å². The minimum Gasteiger partial charge on any atom is -0.449 e. The molecule has 1 aromatic heterocycles. The smallest absolute Gasteiger partial charge is 0.416 e. The number of rotatable bonds is 5. The van der Waals surface area contributed by atoms with Crippen LogP contribution in [0.2, 0.25) is 0 Å². The number of amides is 1. The number of fused-ring (bicyclic) bond motifs is 1. The molecule has 8 heteroatoms. The minimum absolute atomic E-state index is 0.159. The van der Waals surface area contributed by atoms with Gasteiger partial charge in [0.15, 0.2) is 6.10 Å². The van der Waals surface area contributed by atoms with E-state index in [4.69, 9.17) is 4.74 Å². The van der Waals surface area contributed by atoms with Gasteiger partial charge in [-0.25, -0.2) is 9.78 Å². The zero-order chi connectivity index (χ0) is 21.7. The molecule has 1 N–H and O–H groups in total. The van der Waals surface area contributed by atoms with Gasteiger partial charge in [-0.05, 0) is 49.4 Å². The lowest BCUT2D eigenvalue weighted by Crippen LogP contribution is -2.29. The van der Waals surface area contributed by atoms with E-state index in [0.29, 0.717) is 5.69 Å². The molecule has 1 atom stereocenters. The van der Waals surface area contributed by atoms with E-state index in [9.17, 15) is 22.8 Å². The fourth-order valence-electron chi connectivity index (χ4n) is 2.58. The average molecular weight is 414 g/mol. The molecule has 30 heavy (non-hydrogen) atoms. The first-order chi connectivity index (χ1) is 14.2. The fourth-order valence-corrected chi connectivity index (χ4v) is 2.58. The van der Waals surface area contributed by atoms with E-state index in [0.717, 1.165) is 41.2 Å². The third-order valence-corrected chi connectivity index (χ3v) is 4.15. The van der Waals surface area contributed by atoms with Gasteiger partial charge in [-0.15, -0.1) is 0 Å². The number of halogens is 3. The summed E-state index contributed by atoms with van der Waals surface area (Å²) in [5, 5.41) is 3.36. The van der Waals surface area contributed by atoms with E-state index in [1.165, 1.54) is 13.0 Å². The quantitative estimate of drug-likeness (QED) is 0.479. The first-order valence-electron chi connectivity index (χ1n) is 8.95. The normalized spacial score (nSPS) is 12.7. The highest BCUT2D eigenvalue weighted by Crippen LogP contribution is 2.29. The van der Waals surface area contributed by atoms with Crippen molar-refractivity contribution in [1.29, 1.82) is 0 Å². The third-order valence-electron chi connectivity index (χ3n) is 4.15. The van der Waals surface area contributed by atoms with Crippen LogP contribution in [0.15, 0.2) is 66.7 Å². The Hall–Kier alpha value is -3.68. The summed E-state index contributed by atoms with van der Waals surface area (Å²) in [4.78, 5) is 28.5. The Morgan fingerprint density at radius 2 is 1.73 bits per heavy atom. The van der Waals surface area contributed by atoms with E-state index < -0.39 is 29.7 Å². The van der Waals surface area contributed by atoms with Crippen molar-refractivity contribution in [2.75, 3.05) is 5.32 Å². The second-order valence-corrected chi connectivity index (χ2v) is 6.41. The molecule has 154 valence electrons. The number of benzene rings is 2. The number of pyridine rings is 1. The molecule has 3 rings (SSSR count). The van der Waals surface area contributed by atoms with Crippen LogP contribution < -0.4 is 5.32 Å². The van der Waals surface area contributed by atoms with Crippen LogP contribution in [0.4, 0.5) is 18.9 Å². The Balaban J connectivity index is 1.56. The third kappa shape index (κ3) is 5.44. The lowest BCUT2D eigenvalue weighted by atomic mass is 10.2. The molecule has 0 spiro atoms. The van der Waals surface area contributed by atoms with Gasteiger partial charge >= 0.3 is 12.1 Å². The van der Waals surface area contributed by atoms with E-state index >= 15 is 0 Å². The molecule has 0 radical (unpaired) electrons. The number of alkyl halides is 3. The molecule has 2 aromatic carbocycles. The summed E-state index contributed by atoms with van der Waals surface area (Å²) >= 11 is 0. The number of carbonyl (C=O) groups excluding carboxylic acids is 2. The van der Waals surface area contributed by atoms with Crippen LogP contribution in [0.5, 0.6) is 0 Å². The van der Waals surface area contributed by atoms with Crippen molar-refractivity contribution in [3.8, 4) is 0 Å². The lowest BCUT2D eigenvalue weighted by Gasteiger charge is -2.13. The number of esters is 1. The van der Waals surface area contributed by atoms with E-state index in [1.54, 1.807) is 6.07 Å². The summed E-state index contributed by atoms with van der Waals surface area (Å²) in [6, 6.07) is 15.1. The molecule has 0 aliphatic rings. The van der Waals surface area contributed by atoms with Gasteiger partial charge < -0.3 is 10.1 Å². The van der Waals surface area contributed by atoms with Gasteiger partial charge in [-0.1, -0.05) is 24.3 Å². The molecule has 5 nitrogen and oxygen atoms in total. The standard InChI is InChI=1S/C22H17F3N2O3/c1-14(21(29)27-18-10-7-16(8-11-18)22(23,24)25)30-20(28)13-12-17-9-6-15-4-2-3-5-19(15)26-17/h2-14H,1H3,(H,27,29)/b13-12+. The number of anilines is 1. The van der Waals surface area contributed by atoms with Gasteiger partial charge in [0.25, 0.3) is 5.91 Å². The Morgan fingerprint density at radius 3 is 2.43 bits per heavy atom. The predicted octanol–water partition coefficient (Wildman–Crippen LogP) is 4.84. The van der Waals surface area contributed by atoms with E-state index in [-0.39, 0.29) is 5.69 Å². The maximum absolute atomic E-state index is 12.6. The van der Waals surface area contributed by atoms with Crippen LogP contribution >= 0.6 is 0 Å². The number of hydrogen-bond donors (Lipinski definition) is 1. The molecule has 1 amide bonds. The number of aromatic nitrogens is 1.